The predicted octanol–water partition coefficient (Wildman–Crippen LogP) is 0.729. The van der Waals surface area contributed by atoms with Crippen LogP contribution >= 0.6 is 0 Å². The molecule has 1 aliphatic carbocycles. The average molecular weight is 239 g/mol. The van der Waals surface area contributed by atoms with Crippen molar-refractivity contribution in [3.8, 4) is 0 Å². The summed E-state index contributed by atoms with van der Waals surface area (Å²) in [7, 11) is 4.23. The van der Waals surface area contributed by atoms with Gasteiger partial charge in [-0.05, 0) is 52.7 Å². The zero-order chi connectivity index (χ0) is 12.3. The van der Waals surface area contributed by atoms with Crippen LogP contribution in [0.4, 0.5) is 0 Å². The number of carbonyl (C=O) groups is 1. The van der Waals surface area contributed by atoms with E-state index >= 15 is 0 Å². The maximum absolute atomic E-state index is 12.0. The Hall–Kier alpha value is -0.610. The van der Waals surface area contributed by atoms with Crippen LogP contribution in [0.1, 0.15) is 38.5 Å². The Morgan fingerprint density at radius 2 is 2.12 bits per heavy atom. The van der Waals surface area contributed by atoms with Crippen LogP contribution in [0, 0.1) is 0 Å². The molecule has 1 atom stereocenters. The molecule has 0 spiro atoms. The molecule has 1 saturated carbocycles. The fourth-order valence-electron chi connectivity index (χ4n) is 2.82. The van der Waals surface area contributed by atoms with Crippen molar-refractivity contribution in [3.05, 3.63) is 0 Å². The summed E-state index contributed by atoms with van der Waals surface area (Å²) in [6.07, 6.45) is 7.06. The van der Waals surface area contributed by atoms with Crippen molar-refractivity contribution in [1.82, 2.24) is 15.5 Å². The molecule has 17 heavy (non-hydrogen) atoms. The highest BCUT2D eigenvalue weighted by molar-refractivity contribution is 5.81. The van der Waals surface area contributed by atoms with Crippen LogP contribution in [0.5, 0.6) is 0 Å². The first-order valence-electron chi connectivity index (χ1n) is 6.83. The number of hydrogen-bond donors (Lipinski definition) is 2. The summed E-state index contributed by atoms with van der Waals surface area (Å²) in [4.78, 5) is 14.3. The molecule has 4 nitrogen and oxygen atoms in total. The molecular weight excluding hydrogens is 214 g/mol. The summed E-state index contributed by atoms with van der Waals surface area (Å²) in [5, 5.41) is 6.43. The van der Waals surface area contributed by atoms with Crippen molar-refractivity contribution in [2.24, 2.45) is 0 Å². The molecule has 2 fully saturated rings. The van der Waals surface area contributed by atoms with Gasteiger partial charge >= 0.3 is 0 Å². The molecule has 2 aliphatic rings. The minimum Gasteiger partial charge on any atom is -0.353 e. The summed E-state index contributed by atoms with van der Waals surface area (Å²) in [5.41, 5.74) is 0.227. The molecule has 1 unspecified atom stereocenters. The highest BCUT2D eigenvalue weighted by Crippen LogP contribution is 2.35. The van der Waals surface area contributed by atoms with Crippen LogP contribution in [0.15, 0.2) is 0 Å². The molecule has 0 aromatic carbocycles. The zero-order valence-electron chi connectivity index (χ0n) is 11.1. The predicted molar refractivity (Wildman–Crippen MR) is 68.9 cm³/mol. The van der Waals surface area contributed by atoms with Crippen molar-refractivity contribution in [1.29, 1.82) is 0 Å². The second-order valence-corrected chi connectivity index (χ2v) is 5.69. The Morgan fingerprint density at radius 1 is 1.35 bits per heavy atom. The summed E-state index contributed by atoms with van der Waals surface area (Å²) in [5.74, 6) is 0.192. The standard InChI is InChI=1S/C13H25N3O/c1-16(2)13(7-5-8-13)10-15-12(17)11-6-3-4-9-14-11/h11,14H,3-10H2,1-2H3,(H,15,17). The fraction of sp³-hybridized carbons (Fsp3) is 0.923. The smallest absolute Gasteiger partial charge is 0.237 e. The lowest BCUT2D eigenvalue weighted by Gasteiger charge is -2.47. The van der Waals surface area contributed by atoms with Gasteiger partial charge in [-0.3, -0.25) is 4.79 Å². The van der Waals surface area contributed by atoms with Gasteiger partial charge in [-0.15, -0.1) is 0 Å². The van der Waals surface area contributed by atoms with Gasteiger partial charge in [0.2, 0.25) is 5.91 Å². The number of nitrogens with zero attached hydrogens (tertiary/aromatic N) is 1. The van der Waals surface area contributed by atoms with Crippen LogP contribution in [0.2, 0.25) is 0 Å². The van der Waals surface area contributed by atoms with E-state index in [1.165, 1.54) is 32.1 Å². The Labute approximate surface area is 104 Å². The fourth-order valence-corrected chi connectivity index (χ4v) is 2.82. The van der Waals surface area contributed by atoms with E-state index in [2.05, 4.69) is 29.6 Å². The summed E-state index contributed by atoms with van der Waals surface area (Å²) < 4.78 is 0. The lowest BCUT2D eigenvalue weighted by atomic mass is 9.75. The van der Waals surface area contributed by atoms with Gasteiger partial charge in [0.05, 0.1) is 6.04 Å². The minimum atomic E-state index is 0.0445. The molecule has 98 valence electrons. The first-order valence-corrected chi connectivity index (χ1v) is 6.83. The molecule has 0 aromatic rings. The minimum absolute atomic E-state index is 0.0445. The number of carbonyl (C=O) groups excluding carboxylic acids is 1. The van der Waals surface area contributed by atoms with Gasteiger partial charge in [0.1, 0.15) is 0 Å². The second-order valence-electron chi connectivity index (χ2n) is 5.69. The third kappa shape index (κ3) is 2.80. The maximum Gasteiger partial charge on any atom is 0.237 e. The van der Waals surface area contributed by atoms with Crippen molar-refractivity contribution in [2.45, 2.75) is 50.1 Å². The highest BCUT2D eigenvalue weighted by atomic mass is 16.2. The third-order valence-electron chi connectivity index (χ3n) is 4.45. The van der Waals surface area contributed by atoms with E-state index < -0.39 is 0 Å². The van der Waals surface area contributed by atoms with Gasteiger partial charge in [0.25, 0.3) is 0 Å². The van der Waals surface area contributed by atoms with Crippen LogP contribution in [-0.2, 0) is 4.79 Å². The quantitative estimate of drug-likeness (QED) is 0.760. The van der Waals surface area contributed by atoms with Gasteiger partial charge in [0.15, 0.2) is 0 Å². The Bertz CT molecular complexity index is 268. The molecule has 1 amide bonds. The Balaban J connectivity index is 1.78. The topological polar surface area (TPSA) is 44.4 Å². The van der Waals surface area contributed by atoms with E-state index in [-0.39, 0.29) is 17.5 Å². The average Bonchev–Trinajstić information content (AvgIpc) is 2.28. The molecule has 2 rings (SSSR count). The van der Waals surface area contributed by atoms with E-state index in [0.717, 1.165) is 19.5 Å². The van der Waals surface area contributed by atoms with Crippen molar-refractivity contribution < 1.29 is 4.79 Å². The van der Waals surface area contributed by atoms with Gasteiger partial charge in [-0.1, -0.05) is 6.42 Å². The lowest BCUT2D eigenvalue weighted by Crippen LogP contribution is -2.59. The highest BCUT2D eigenvalue weighted by Gasteiger charge is 2.39. The summed E-state index contributed by atoms with van der Waals surface area (Å²) in [6.45, 7) is 1.79. The largest absolute Gasteiger partial charge is 0.353 e. The molecule has 2 N–H and O–H groups in total. The molecule has 1 saturated heterocycles. The van der Waals surface area contributed by atoms with Gasteiger partial charge in [-0.2, -0.15) is 0 Å². The van der Waals surface area contributed by atoms with E-state index in [9.17, 15) is 4.79 Å². The van der Waals surface area contributed by atoms with Gasteiger partial charge in [-0.25, -0.2) is 0 Å². The van der Waals surface area contributed by atoms with E-state index in [1.54, 1.807) is 0 Å². The second kappa shape index (κ2) is 5.36. The number of hydrogen-bond acceptors (Lipinski definition) is 3. The number of piperidine rings is 1. The number of rotatable bonds is 4. The first kappa shape index (κ1) is 12.8. The van der Waals surface area contributed by atoms with E-state index in [0.29, 0.717) is 0 Å². The molecular formula is C13H25N3O. The molecule has 4 heteroatoms. The molecule has 0 radical (unpaired) electrons. The SMILES string of the molecule is CN(C)C1(CNC(=O)C2CCCCN2)CCC1. The molecule has 1 aliphatic heterocycles. The monoisotopic (exact) mass is 239 g/mol. The van der Waals surface area contributed by atoms with Crippen LogP contribution in [0.3, 0.4) is 0 Å². The maximum atomic E-state index is 12.0. The number of amides is 1. The van der Waals surface area contributed by atoms with Gasteiger partial charge < -0.3 is 15.5 Å². The Kier molecular flexibility index (Phi) is 4.05. The van der Waals surface area contributed by atoms with E-state index in [4.69, 9.17) is 0 Å². The van der Waals surface area contributed by atoms with Crippen LogP contribution < -0.4 is 10.6 Å². The summed E-state index contributed by atoms with van der Waals surface area (Å²) in [6, 6.07) is 0.0445. The van der Waals surface area contributed by atoms with Crippen molar-refractivity contribution >= 4 is 5.91 Å². The number of likely N-dealkylation sites (N-methyl/N-ethyl adjacent to an activating group) is 1. The molecule has 0 aromatic heterocycles. The number of nitrogens with one attached hydrogen (secondary N) is 2. The third-order valence-corrected chi connectivity index (χ3v) is 4.45. The molecule has 0 bridgehead atoms. The van der Waals surface area contributed by atoms with E-state index in [1.807, 2.05) is 0 Å². The van der Waals surface area contributed by atoms with Gasteiger partial charge in [0, 0.05) is 12.1 Å². The first-order chi connectivity index (χ1) is 8.14. The summed E-state index contributed by atoms with van der Waals surface area (Å²) >= 11 is 0. The molecule has 1 heterocycles. The normalized spacial score (nSPS) is 27.6. The zero-order valence-corrected chi connectivity index (χ0v) is 11.1. The van der Waals surface area contributed by atoms with Crippen LogP contribution in [-0.4, -0.2) is 49.6 Å². The Morgan fingerprint density at radius 3 is 2.59 bits per heavy atom. The lowest BCUT2D eigenvalue weighted by molar-refractivity contribution is -0.124. The van der Waals surface area contributed by atoms with Crippen molar-refractivity contribution in [3.63, 3.8) is 0 Å². The van der Waals surface area contributed by atoms with Crippen molar-refractivity contribution in [2.75, 3.05) is 27.2 Å². The van der Waals surface area contributed by atoms with Crippen LogP contribution in [0.25, 0.3) is 0 Å².